The van der Waals surface area contributed by atoms with E-state index in [9.17, 15) is 19.5 Å². The molecule has 0 aliphatic heterocycles. The predicted octanol–water partition coefficient (Wildman–Crippen LogP) is 4.75. The molecule has 40 heavy (non-hydrogen) atoms. The fourth-order valence-electron chi connectivity index (χ4n) is 5.12. The third-order valence-electron chi connectivity index (χ3n) is 6.75. The topological polar surface area (TPSA) is 119 Å². The maximum atomic E-state index is 12.8. The van der Waals surface area contributed by atoms with Gasteiger partial charge in [-0.1, -0.05) is 54.6 Å². The molecule has 5 rings (SSSR count). The Morgan fingerprint density at radius 1 is 0.975 bits per heavy atom. The summed E-state index contributed by atoms with van der Waals surface area (Å²) in [5.74, 6) is -1.42. The van der Waals surface area contributed by atoms with Gasteiger partial charge in [0, 0.05) is 18.5 Å². The molecule has 0 radical (unpaired) electrons. The number of aliphatic carboxylic acids is 1. The van der Waals surface area contributed by atoms with Crippen LogP contribution in [0.2, 0.25) is 0 Å². The number of hydrogen-bond donors (Lipinski definition) is 2. The van der Waals surface area contributed by atoms with Gasteiger partial charge in [0.2, 0.25) is 0 Å². The van der Waals surface area contributed by atoms with Gasteiger partial charge < -0.3 is 24.3 Å². The molecular formula is C31H31N3O6. The lowest BCUT2D eigenvalue weighted by Crippen LogP contribution is -2.43. The van der Waals surface area contributed by atoms with E-state index in [1.54, 1.807) is 43.5 Å². The van der Waals surface area contributed by atoms with Crippen molar-refractivity contribution in [2.75, 3.05) is 6.61 Å². The van der Waals surface area contributed by atoms with Crippen LogP contribution in [0.5, 0.6) is 0 Å². The van der Waals surface area contributed by atoms with Gasteiger partial charge in [-0.25, -0.2) is 14.6 Å². The average Bonchev–Trinajstić information content (AvgIpc) is 3.41. The quantitative estimate of drug-likeness (QED) is 0.309. The number of carbonyl (C=O) groups is 3. The molecule has 2 aromatic heterocycles. The van der Waals surface area contributed by atoms with Gasteiger partial charge in [-0.3, -0.25) is 4.79 Å². The summed E-state index contributed by atoms with van der Waals surface area (Å²) in [6, 6.07) is 20.0. The third-order valence-corrected chi connectivity index (χ3v) is 6.75. The third kappa shape index (κ3) is 5.68. The fourth-order valence-corrected chi connectivity index (χ4v) is 5.12. The number of imidazole rings is 1. The van der Waals surface area contributed by atoms with Crippen molar-refractivity contribution in [1.82, 2.24) is 14.7 Å². The van der Waals surface area contributed by atoms with E-state index in [0.29, 0.717) is 17.0 Å². The predicted molar refractivity (Wildman–Crippen MR) is 148 cm³/mol. The SMILES string of the molecule is CC(C)(C)OC(=O)Cc1nc(C[C@H](NC(=O)OCC2c3ccccc3-c3ccccc32)C(=O)O)n2ccccc12. The first-order valence-electron chi connectivity index (χ1n) is 13.1. The Morgan fingerprint density at radius 2 is 1.60 bits per heavy atom. The van der Waals surface area contributed by atoms with Gasteiger partial charge in [-0.2, -0.15) is 0 Å². The lowest BCUT2D eigenvalue weighted by Gasteiger charge is -2.19. The standard InChI is InChI=1S/C31H31N3O6/c1-31(2,3)40-28(35)17-24-26-14-8-9-15-34(26)27(32-24)16-25(29(36)37)33-30(38)39-18-23-21-12-6-4-10-19(21)20-11-5-7-13-22(20)23/h4-15,23,25H,16-18H2,1-3H3,(H,33,38)(H,36,37)/t25-/m0/s1. The second-order valence-electron chi connectivity index (χ2n) is 10.8. The Balaban J connectivity index is 1.29. The van der Waals surface area contributed by atoms with Crippen molar-refractivity contribution < 1.29 is 29.0 Å². The van der Waals surface area contributed by atoms with E-state index in [0.717, 1.165) is 22.3 Å². The number of carboxylic acids is 1. The molecule has 2 heterocycles. The number of nitrogens with zero attached hydrogens (tertiary/aromatic N) is 2. The second-order valence-corrected chi connectivity index (χ2v) is 10.8. The van der Waals surface area contributed by atoms with Crippen molar-refractivity contribution in [3.05, 3.63) is 95.6 Å². The molecule has 0 saturated carbocycles. The number of fused-ring (bicyclic) bond motifs is 4. The van der Waals surface area contributed by atoms with Crippen LogP contribution in [-0.2, 0) is 31.9 Å². The fraction of sp³-hybridized carbons (Fsp3) is 0.290. The number of esters is 1. The summed E-state index contributed by atoms with van der Waals surface area (Å²) in [7, 11) is 0. The minimum absolute atomic E-state index is 0.0671. The highest BCUT2D eigenvalue weighted by atomic mass is 16.6. The summed E-state index contributed by atoms with van der Waals surface area (Å²) in [5.41, 5.74) is 4.81. The van der Waals surface area contributed by atoms with Crippen LogP contribution >= 0.6 is 0 Å². The molecule has 9 nitrogen and oxygen atoms in total. The van der Waals surface area contributed by atoms with Crippen LogP contribution in [0.1, 0.15) is 49.3 Å². The number of ether oxygens (including phenoxy) is 2. The van der Waals surface area contributed by atoms with Crippen LogP contribution in [0.25, 0.3) is 16.6 Å². The molecule has 0 bridgehead atoms. The molecule has 2 aromatic carbocycles. The zero-order chi connectivity index (χ0) is 28.4. The molecule has 4 aromatic rings. The summed E-state index contributed by atoms with van der Waals surface area (Å²) in [6.45, 7) is 5.43. The van der Waals surface area contributed by atoms with Crippen molar-refractivity contribution in [3.8, 4) is 11.1 Å². The van der Waals surface area contributed by atoms with Crippen LogP contribution in [-0.4, -0.2) is 50.8 Å². The molecule has 0 fully saturated rings. The van der Waals surface area contributed by atoms with E-state index in [4.69, 9.17) is 9.47 Å². The number of carboxylic acid groups (broad SMARTS) is 1. The molecule has 1 atom stereocenters. The lowest BCUT2D eigenvalue weighted by atomic mass is 9.98. The lowest BCUT2D eigenvalue weighted by molar-refractivity contribution is -0.154. The van der Waals surface area contributed by atoms with Crippen molar-refractivity contribution in [3.63, 3.8) is 0 Å². The van der Waals surface area contributed by atoms with Crippen LogP contribution in [0.4, 0.5) is 4.79 Å². The van der Waals surface area contributed by atoms with Gasteiger partial charge in [-0.15, -0.1) is 0 Å². The Labute approximate surface area is 231 Å². The molecule has 206 valence electrons. The van der Waals surface area contributed by atoms with Gasteiger partial charge >= 0.3 is 18.0 Å². The first-order chi connectivity index (χ1) is 19.1. The highest BCUT2D eigenvalue weighted by molar-refractivity contribution is 5.81. The minimum atomic E-state index is -1.30. The molecule has 0 saturated heterocycles. The number of hydrogen-bond acceptors (Lipinski definition) is 6. The van der Waals surface area contributed by atoms with Gasteiger partial charge in [0.1, 0.15) is 24.1 Å². The van der Waals surface area contributed by atoms with Gasteiger partial charge in [0.15, 0.2) is 0 Å². The van der Waals surface area contributed by atoms with Crippen LogP contribution < -0.4 is 5.32 Å². The largest absolute Gasteiger partial charge is 0.480 e. The Hall–Kier alpha value is -4.66. The van der Waals surface area contributed by atoms with Crippen molar-refractivity contribution in [1.29, 1.82) is 0 Å². The van der Waals surface area contributed by atoms with E-state index in [1.165, 1.54) is 0 Å². The summed E-state index contributed by atoms with van der Waals surface area (Å²) in [5, 5.41) is 12.4. The van der Waals surface area contributed by atoms with Crippen LogP contribution in [0.3, 0.4) is 0 Å². The number of aromatic nitrogens is 2. The maximum Gasteiger partial charge on any atom is 0.407 e. The second kappa shape index (κ2) is 10.8. The number of rotatable bonds is 8. The Kier molecular flexibility index (Phi) is 7.30. The molecular weight excluding hydrogens is 510 g/mol. The monoisotopic (exact) mass is 541 g/mol. The van der Waals surface area contributed by atoms with E-state index in [1.807, 2.05) is 54.6 Å². The van der Waals surface area contributed by atoms with E-state index >= 15 is 0 Å². The van der Waals surface area contributed by atoms with Crippen molar-refractivity contribution in [2.45, 2.75) is 51.2 Å². The molecule has 1 amide bonds. The minimum Gasteiger partial charge on any atom is -0.480 e. The number of carbonyl (C=O) groups excluding carboxylic acids is 2. The number of amides is 1. The summed E-state index contributed by atoms with van der Waals surface area (Å²) < 4.78 is 12.7. The molecule has 1 aliphatic rings. The zero-order valence-electron chi connectivity index (χ0n) is 22.6. The number of pyridine rings is 1. The number of benzene rings is 2. The maximum absolute atomic E-state index is 12.8. The first kappa shape index (κ1) is 26.9. The molecule has 2 N–H and O–H groups in total. The number of nitrogens with one attached hydrogen (secondary N) is 1. The van der Waals surface area contributed by atoms with Gasteiger partial charge in [0.25, 0.3) is 0 Å². The Morgan fingerprint density at radius 3 is 2.23 bits per heavy atom. The van der Waals surface area contributed by atoms with Crippen LogP contribution in [0, 0.1) is 0 Å². The van der Waals surface area contributed by atoms with Crippen LogP contribution in [0.15, 0.2) is 72.9 Å². The zero-order valence-corrected chi connectivity index (χ0v) is 22.6. The van der Waals surface area contributed by atoms with E-state index in [-0.39, 0.29) is 25.4 Å². The summed E-state index contributed by atoms with van der Waals surface area (Å²) in [4.78, 5) is 41.9. The van der Waals surface area contributed by atoms with Crippen molar-refractivity contribution >= 4 is 23.5 Å². The first-order valence-corrected chi connectivity index (χ1v) is 13.1. The van der Waals surface area contributed by atoms with E-state index < -0.39 is 29.7 Å². The van der Waals surface area contributed by atoms with Crippen molar-refractivity contribution in [2.24, 2.45) is 0 Å². The normalized spacial score (nSPS) is 13.4. The molecule has 0 spiro atoms. The van der Waals surface area contributed by atoms with Gasteiger partial charge in [0.05, 0.1) is 17.6 Å². The average molecular weight is 542 g/mol. The Bertz CT molecular complexity index is 1540. The highest BCUT2D eigenvalue weighted by Crippen LogP contribution is 2.44. The summed E-state index contributed by atoms with van der Waals surface area (Å²) in [6.07, 6.45) is 0.730. The smallest absolute Gasteiger partial charge is 0.407 e. The van der Waals surface area contributed by atoms with E-state index in [2.05, 4.69) is 10.3 Å². The molecule has 0 unspecified atom stereocenters. The van der Waals surface area contributed by atoms with Gasteiger partial charge in [-0.05, 0) is 55.2 Å². The highest BCUT2D eigenvalue weighted by Gasteiger charge is 2.30. The molecule has 1 aliphatic carbocycles. The molecule has 9 heteroatoms. The summed E-state index contributed by atoms with van der Waals surface area (Å²) >= 11 is 0. The number of alkyl carbamates (subject to hydrolysis) is 1.